The Labute approximate surface area is 166 Å². The van der Waals surface area contributed by atoms with E-state index in [4.69, 9.17) is 9.84 Å². The lowest BCUT2D eigenvalue weighted by atomic mass is 10.2. The number of aryl methyl sites for hydroxylation is 1. The van der Waals surface area contributed by atoms with Crippen LogP contribution in [0, 0.1) is 6.92 Å². The highest BCUT2D eigenvalue weighted by atomic mass is 16.6. The van der Waals surface area contributed by atoms with Crippen molar-refractivity contribution in [2.75, 3.05) is 5.32 Å². The van der Waals surface area contributed by atoms with E-state index in [1.165, 1.54) is 0 Å². The van der Waals surface area contributed by atoms with Crippen LogP contribution in [0.2, 0.25) is 0 Å². The van der Waals surface area contributed by atoms with Crippen LogP contribution < -0.4 is 10.1 Å². The van der Waals surface area contributed by atoms with Gasteiger partial charge in [0.1, 0.15) is 11.5 Å². The van der Waals surface area contributed by atoms with Crippen molar-refractivity contribution in [2.45, 2.75) is 6.92 Å². The van der Waals surface area contributed by atoms with Crippen LogP contribution in [-0.4, -0.2) is 28.9 Å². The predicted octanol–water partition coefficient (Wildman–Crippen LogP) is 2.99. The van der Waals surface area contributed by atoms with Crippen molar-refractivity contribution in [1.29, 1.82) is 0 Å². The van der Waals surface area contributed by atoms with E-state index in [1.807, 2.05) is 31.2 Å². The maximum absolute atomic E-state index is 11.4. The first-order chi connectivity index (χ1) is 13.8. The summed E-state index contributed by atoms with van der Waals surface area (Å²) >= 11 is 0. The van der Waals surface area contributed by atoms with Gasteiger partial charge in [0.05, 0.1) is 0 Å². The molecule has 0 aliphatic carbocycles. The number of aliphatic carboxylic acids is 1. The number of carbonyl (C=O) groups excluding carboxylic acids is 3. The van der Waals surface area contributed by atoms with E-state index in [-0.39, 0.29) is 0 Å². The quantitative estimate of drug-likeness (QED) is 0.454. The van der Waals surface area contributed by atoms with Crippen LogP contribution >= 0.6 is 0 Å². The minimum Gasteiger partial charge on any atom is -0.478 e. The molecule has 3 rings (SSSR count). The molecule has 0 saturated heterocycles. The molecule has 0 atom stereocenters. The average molecular weight is 395 g/mol. The van der Waals surface area contributed by atoms with Crippen molar-refractivity contribution in [3.05, 3.63) is 78.4 Å². The molecular weight excluding hydrogens is 378 g/mol. The number of carbonyl (C=O) groups is 4. The number of nitrogens with one attached hydrogen (secondary N) is 1. The average Bonchev–Trinajstić information content (AvgIpc) is 3.07. The summed E-state index contributed by atoms with van der Waals surface area (Å²) < 4.78 is 9.64. The Kier molecular flexibility index (Phi) is 7.43. The van der Waals surface area contributed by atoms with E-state index in [2.05, 4.69) is 10.1 Å². The molecule has 1 amide bonds. The molecule has 148 valence electrons. The molecule has 2 aromatic carbocycles. The number of carboxylic acid groups (broad SMARTS) is 1. The van der Waals surface area contributed by atoms with Crippen LogP contribution in [0.1, 0.15) is 5.56 Å². The van der Waals surface area contributed by atoms with Gasteiger partial charge < -0.3 is 19.9 Å². The highest BCUT2D eigenvalue weighted by Crippen LogP contribution is 2.23. The summed E-state index contributed by atoms with van der Waals surface area (Å²) in [6, 6.07) is 14.5. The molecule has 0 aromatic heterocycles. The molecule has 1 aliphatic heterocycles. The van der Waals surface area contributed by atoms with Gasteiger partial charge in [-0.1, -0.05) is 17.7 Å². The van der Waals surface area contributed by atoms with Crippen LogP contribution in [0.5, 0.6) is 11.5 Å². The second-order valence-corrected chi connectivity index (χ2v) is 5.67. The van der Waals surface area contributed by atoms with Crippen molar-refractivity contribution in [2.24, 2.45) is 0 Å². The van der Waals surface area contributed by atoms with E-state index in [9.17, 15) is 19.2 Å². The number of carboxylic acids is 1. The topological polar surface area (TPSA) is 119 Å². The third-order valence-corrected chi connectivity index (χ3v) is 3.31. The van der Waals surface area contributed by atoms with Crippen molar-refractivity contribution in [3.8, 4) is 11.5 Å². The molecule has 8 nitrogen and oxygen atoms in total. The van der Waals surface area contributed by atoms with Gasteiger partial charge in [0, 0.05) is 30.0 Å². The molecule has 8 heteroatoms. The molecule has 0 unspecified atom stereocenters. The lowest BCUT2D eigenvalue weighted by Gasteiger charge is -2.07. The Morgan fingerprint density at radius 2 is 1.41 bits per heavy atom. The summed E-state index contributed by atoms with van der Waals surface area (Å²) in [5.74, 6) is -1.46. The Morgan fingerprint density at radius 1 is 0.897 bits per heavy atom. The fourth-order valence-electron chi connectivity index (χ4n) is 1.98. The monoisotopic (exact) mass is 395 g/mol. The molecule has 0 saturated carbocycles. The number of cyclic esters (lactones) is 2. The molecule has 1 aliphatic rings. The fraction of sp³-hybridized carbons (Fsp3) is 0.0476. The van der Waals surface area contributed by atoms with Gasteiger partial charge >= 0.3 is 17.9 Å². The third kappa shape index (κ3) is 7.92. The zero-order valence-electron chi connectivity index (χ0n) is 15.3. The smallest absolute Gasteiger partial charge is 0.338 e. The molecule has 2 N–H and O–H groups in total. The maximum Gasteiger partial charge on any atom is 0.338 e. The van der Waals surface area contributed by atoms with Crippen LogP contribution in [0.3, 0.4) is 0 Å². The molecule has 29 heavy (non-hydrogen) atoms. The van der Waals surface area contributed by atoms with Crippen molar-refractivity contribution in [1.82, 2.24) is 0 Å². The van der Waals surface area contributed by atoms with E-state index in [1.54, 1.807) is 24.3 Å². The first-order valence-electron chi connectivity index (χ1n) is 8.32. The van der Waals surface area contributed by atoms with Gasteiger partial charge in [-0.15, -0.1) is 0 Å². The van der Waals surface area contributed by atoms with Gasteiger partial charge in [-0.25, -0.2) is 14.4 Å². The molecule has 0 spiro atoms. The molecule has 2 aromatic rings. The van der Waals surface area contributed by atoms with Gasteiger partial charge in [-0.2, -0.15) is 0 Å². The number of benzene rings is 2. The van der Waals surface area contributed by atoms with Gasteiger partial charge in [0.2, 0.25) is 5.91 Å². The van der Waals surface area contributed by atoms with Crippen molar-refractivity contribution in [3.63, 3.8) is 0 Å². The van der Waals surface area contributed by atoms with Gasteiger partial charge in [0.15, 0.2) is 0 Å². The minimum absolute atomic E-state index is 0.505. The number of hydrogen-bond acceptors (Lipinski definition) is 6. The summed E-state index contributed by atoms with van der Waals surface area (Å²) in [5.41, 5.74) is 1.70. The SMILES string of the molecule is Cc1ccc(Oc2ccc(NC(=O)/C=C\C(=O)O)cc2)cc1.O=C1C=CC(=O)O1. The number of esters is 2. The van der Waals surface area contributed by atoms with Crippen LogP contribution in [0.4, 0.5) is 5.69 Å². The lowest BCUT2D eigenvalue weighted by Crippen LogP contribution is -2.08. The summed E-state index contributed by atoms with van der Waals surface area (Å²) in [4.78, 5) is 41.6. The van der Waals surface area contributed by atoms with E-state index in [0.717, 1.165) is 35.6 Å². The zero-order valence-corrected chi connectivity index (χ0v) is 15.3. The number of rotatable bonds is 5. The first kappa shape index (κ1) is 21.1. The number of amides is 1. The van der Waals surface area contributed by atoms with E-state index in [0.29, 0.717) is 11.4 Å². The minimum atomic E-state index is -1.17. The summed E-state index contributed by atoms with van der Waals surface area (Å²) in [5, 5.41) is 11.0. The lowest BCUT2D eigenvalue weighted by molar-refractivity contribution is -0.150. The molecule has 1 heterocycles. The Morgan fingerprint density at radius 3 is 1.86 bits per heavy atom. The van der Waals surface area contributed by atoms with Crippen molar-refractivity contribution >= 4 is 29.5 Å². The van der Waals surface area contributed by atoms with Gasteiger partial charge in [-0.05, 0) is 43.3 Å². The highest BCUT2D eigenvalue weighted by molar-refractivity contribution is 6.05. The second kappa shape index (κ2) is 10.2. The third-order valence-electron chi connectivity index (χ3n) is 3.31. The van der Waals surface area contributed by atoms with Gasteiger partial charge in [0.25, 0.3) is 0 Å². The molecular formula is C21H17NO7. The predicted molar refractivity (Wildman–Crippen MR) is 103 cm³/mol. The molecule has 0 radical (unpaired) electrons. The maximum atomic E-state index is 11.4. The van der Waals surface area contributed by atoms with E-state index >= 15 is 0 Å². The summed E-state index contributed by atoms with van der Waals surface area (Å²) in [6.45, 7) is 2.00. The standard InChI is InChI=1S/C17H15NO4.C4H2O3/c1-12-2-6-14(7-3-12)22-15-8-4-13(5-9-15)18-16(19)10-11-17(20)21;5-3-1-2-4(6)7-3/h2-11H,1H3,(H,18,19)(H,20,21);1-2H/b11-10-;. The molecule has 0 bridgehead atoms. The Bertz CT molecular complexity index is 942. The fourth-order valence-corrected chi connectivity index (χ4v) is 1.98. The molecule has 0 fully saturated rings. The van der Waals surface area contributed by atoms with Gasteiger partial charge in [-0.3, -0.25) is 4.79 Å². The summed E-state index contributed by atoms with van der Waals surface area (Å²) in [7, 11) is 0. The number of hydrogen-bond donors (Lipinski definition) is 2. The Hall–Kier alpha value is -4.20. The van der Waals surface area contributed by atoms with Crippen LogP contribution in [0.15, 0.2) is 72.8 Å². The second-order valence-electron chi connectivity index (χ2n) is 5.67. The van der Waals surface area contributed by atoms with Crippen LogP contribution in [0.25, 0.3) is 0 Å². The largest absolute Gasteiger partial charge is 0.478 e. The first-order valence-corrected chi connectivity index (χ1v) is 8.32. The number of ether oxygens (including phenoxy) is 2. The van der Waals surface area contributed by atoms with Crippen LogP contribution in [-0.2, 0) is 23.9 Å². The normalized spacial score (nSPS) is 12.2. The summed E-state index contributed by atoms with van der Waals surface area (Å²) in [6.07, 6.45) is 3.91. The van der Waals surface area contributed by atoms with Crippen molar-refractivity contribution < 1.29 is 33.8 Å². The zero-order chi connectivity index (χ0) is 21.2. The highest BCUT2D eigenvalue weighted by Gasteiger charge is 2.10. The number of anilines is 1. The van der Waals surface area contributed by atoms with E-state index < -0.39 is 23.8 Å². The Balaban J connectivity index is 0.000000360.